The molecule has 0 saturated carbocycles. The molecule has 4 heteroatoms. The lowest BCUT2D eigenvalue weighted by Gasteiger charge is -2.19. The molecule has 3 nitrogen and oxygen atoms in total. The number of hydrogen-bond donors (Lipinski definition) is 1. The Hall–Kier alpha value is -0.450. The summed E-state index contributed by atoms with van der Waals surface area (Å²) in [7, 11) is 0. The van der Waals surface area contributed by atoms with Crippen molar-refractivity contribution in [1.29, 1.82) is 0 Å². The summed E-state index contributed by atoms with van der Waals surface area (Å²) in [5.41, 5.74) is 1.17. The molecule has 1 aromatic heterocycles. The molecule has 2 rings (SSSR count). The Balaban J connectivity index is 1.76. The monoisotopic (exact) mass is 254 g/mol. The van der Waals surface area contributed by atoms with Gasteiger partial charge in [0, 0.05) is 24.6 Å². The van der Waals surface area contributed by atoms with Crippen molar-refractivity contribution in [3.63, 3.8) is 0 Å². The maximum Gasteiger partial charge on any atom is 0.0928 e. The average molecular weight is 254 g/mol. The molecule has 2 heterocycles. The number of hydrogen-bond acceptors (Lipinski definition) is 4. The quantitative estimate of drug-likeness (QED) is 0.847. The fraction of sp³-hybridized carbons (Fsp3) is 0.769. The Kier molecular flexibility index (Phi) is 4.95. The second-order valence-electron chi connectivity index (χ2n) is 4.70. The molecule has 1 saturated heterocycles. The second-order valence-corrected chi connectivity index (χ2v) is 5.65. The van der Waals surface area contributed by atoms with Gasteiger partial charge in [-0.1, -0.05) is 6.92 Å². The molecule has 1 fully saturated rings. The van der Waals surface area contributed by atoms with Gasteiger partial charge in [0.15, 0.2) is 0 Å². The first-order chi connectivity index (χ1) is 8.29. The summed E-state index contributed by atoms with van der Waals surface area (Å²) in [5.74, 6) is 0. The molecular weight excluding hydrogens is 232 g/mol. The van der Waals surface area contributed by atoms with Gasteiger partial charge in [-0.05, 0) is 32.6 Å². The number of thiazole rings is 1. The van der Waals surface area contributed by atoms with Gasteiger partial charge in [0.1, 0.15) is 0 Å². The van der Waals surface area contributed by atoms with Crippen molar-refractivity contribution in [3.8, 4) is 0 Å². The number of ether oxygens (including phenoxy) is 1. The molecule has 0 unspecified atom stereocenters. The zero-order valence-electron chi connectivity index (χ0n) is 10.7. The van der Waals surface area contributed by atoms with Crippen LogP contribution in [0, 0.1) is 0 Å². The summed E-state index contributed by atoms with van der Waals surface area (Å²) in [6, 6.07) is 0.425. The van der Waals surface area contributed by atoms with Crippen LogP contribution < -0.4 is 5.32 Å². The van der Waals surface area contributed by atoms with E-state index < -0.39 is 0 Å². The van der Waals surface area contributed by atoms with E-state index in [1.54, 1.807) is 11.3 Å². The minimum Gasteiger partial charge on any atom is -0.377 e. The Labute approximate surface area is 108 Å². The van der Waals surface area contributed by atoms with Crippen molar-refractivity contribution < 1.29 is 4.74 Å². The van der Waals surface area contributed by atoms with E-state index in [9.17, 15) is 0 Å². The van der Waals surface area contributed by atoms with E-state index in [4.69, 9.17) is 4.74 Å². The van der Waals surface area contributed by atoms with Crippen molar-refractivity contribution in [2.24, 2.45) is 0 Å². The van der Waals surface area contributed by atoms with E-state index in [2.05, 4.69) is 29.5 Å². The number of nitrogens with zero attached hydrogens (tertiary/aromatic N) is 1. The first kappa shape index (κ1) is 13.0. The standard InChI is InChI=1S/C13H22N2OS/c1-3-5-13-15-11(9-17-13)8-14-10(2)12-6-4-7-16-12/h9-10,12,14H,3-8H2,1-2H3/t10-,12-/m0/s1. The molecule has 0 aliphatic carbocycles. The average Bonchev–Trinajstić information content (AvgIpc) is 2.97. The molecule has 0 bridgehead atoms. The predicted octanol–water partition coefficient (Wildman–Crippen LogP) is 2.75. The van der Waals surface area contributed by atoms with Crippen molar-refractivity contribution in [1.82, 2.24) is 10.3 Å². The van der Waals surface area contributed by atoms with Crippen molar-refractivity contribution in [3.05, 3.63) is 16.1 Å². The number of aromatic nitrogens is 1. The third-order valence-corrected chi connectivity index (χ3v) is 4.15. The summed E-state index contributed by atoms with van der Waals surface area (Å²) in [5, 5.41) is 6.94. The molecular formula is C13H22N2OS. The lowest BCUT2D eigenvalue weighted by molar-refractivity contribution is 0.0831. The highest BCUT2D eigenvalue weighted by Crippen LogP contribution is 2.16. The highest BCUT2D eigenvalue weighted by Gasteiger charge is 2.21. The second kappa shape index (κ2) is 6.47. The minimum atomic E-state index is 0.392. The fourth-order valence-corrected chi connectivity index (χ4v) is 3.05. The van der Waals surface area contributed by atoms with Crippen LogP contribution in [0.2, 0.25) is 0 Å². The SMILES string of the molecule is CCCc1nc(CN[C@@H](C)[C@@H]2CCCO2)cs1. The van der Waals surface area contributed by atoms with Crippen molar-refractivity contribution in [2.75, 3.05) is 6.61 Å². The highest BCUT2D eigenvalue weighted by atomic mass is 32.1. The maximum atomic E-state index is 5.67. The van der Waals surface area contributed by atoms with Crippen molar-refractivity contribution >= 4 is 11.3 Å². The third-order valence-electron chi connectivity index (χ3n) is 3.19. The van der Waals surface area contributed by atoms with Gasteiger partial charge >= 0.3 is 0 Å². The number of rotatable bonds is 6. The molecule has 2 atom stereocenters. The molecule has 0 amide bonds. The van der Waals surface area contributed by atoms with E-state index >= 15 is 0 Å². The molecule has 0 spiro atoms. The summed E-state index contributed by atoms with van der Waals surface area (Å²) >= 11 is 1.78. The van der Waals surface area contributed by atoms with E-state index in [0.29, 0.717) is 12.1 Å². The van der Waals surface area contributed by atoms with Gasteiger partial charge in [-0.25, -0.2) is 4.98 Å². The van der Waals surface area contributed by atoms with Gasteiger partial charge in [0.2, 0.25) is 0 Å². The smallest absolute Gasteiger partial charge is 0.0928 e. The lowest BCUT2D eigenvalue weighted by atomic mass is 10.1. The van der Waals surface area contributed by atoms with Gasteiger partial charge in [-0.2, -0.15) is 0 Å². The molecule has 1 aliphatic heterocycles. The van der Waals surface area contributed by atoms with E-state index in [-0.39, 0.29) is 0 Å². The highest BCUT2D eigenvalue weighted by molar-refractivity contribution is 7.09. The Bertz CT molecular complexity index is 334. The molecule has 0 radical (unpaired) electrons. The van der Waals surface area contributed by atoms with Crippen LogP contribution in [-0.4, -0.2) is 23.7 Å². The summed E-state index contributed by atoms with van der Waals surface area (Å²) in [6.07, 6.45) is 5.06. The van der Waals surface area contributed by atoms with Crippen LogP contribution in [0.3, 0.4) is 0 Å². The van der Waals surface area contributed by atoms with Crippen LogP contribution in [0.4, 0.5) is 0 Å². The zero-order chi connectivity index (χ0) is 12.1. The molecule has 17 heavy (non-hydrogen) atoms. The number of aryl methyl sites for hydroxylation is 1. The normalized spacial score (nSPS) is 21.9. The molecule has 0 aromatic carbocycles. The van der Waals surface area contributed by atoms with Crippen LogP contribution in [0.5, 0.6) is 0 Å². The molecule has 1 aromatic rings. The first-order valence-electron chi connectivity index (χ1n) is 6.58. The van der Waals surface area contributed by atoms with Gasteiger partial charge < -0.3 is 10.1 Å². The Morgan fingerprint density at radius 2 is 2.53 bits per heavy atom. The van der Waals surface area contributed by atoms with Crippen LogP contribution in [-0.2, 0) is 17.7 Å². The van der Waals surface area contributed by atoms with Gasteiger partial charge in [0.05, 0.1) is 16.8 Å². The van der Waals surface area contributed by atoms with Crippen LogP contribution in [0.15, 0.2) is 5.38 Å². The third kappa shape index (κ3) is 3.76. The maximum absolute atomic E-state index is 5.67. The Morgan fingerprint density at radius 3 is 3.24 bits per heavy atom. The van der Waals surface area contributed by atoms with Crippen LogP contribution in [0.25, 0.3) is 0 Å². The zero-order valence-corrected chi connectivity index (χ0v) is 11.6. The predicted molar refractivity (Wildman–Crippen MR) is 71.4 cm³/mol. The van der Waals surface area contributed by atoms with Crippen LogP contribution >= 0.6 is 11.3 Å². The fourth-order valence-electron chi connectivity index (χ4n) is 2.15. The minimum absolute atomic E-state index is 0.392. The largest absolute Gasteiger partial charge is 0.377 e. The van der Waals surface area contributed by atoms with Crippen LogP contribution in [0.1, 0.15) is 43.8 Å². The molecule has 1 aliphatic rings. The Morgan fingerprint density at radius 1 is 1.65 bits per heavy atom. The number of nitrogens with one attached hydrogen (secondary N) is 1. The lowest BCUT2D eigenvalue weighted by Crippen LogP contribution is -2.36. The first-order valence-corrected chi connectivity index (χ1v) is 7.46. The summed E-state index contributed by atoms with van der Waals surface area (Å²) in [4.78, 5) is 4.61. The van der Waals surface area contributed by atoms with Gasteiger partial charge in [-0.3, -0.25) is 0 Å². The van der Waals surface area contributed by atoms with E-state index in [1.165, 1.54) is 30.0 Å². The van der Waals surface area contributed by atoms with Crippen molar-refractivity contribution in [2.45, 2.75) is 58.2 Å². The summed E-state index contributed by atoms with van der Waals surface area (Å²) in [6.45, 7) is 6.18. The summed E-state index contributed by atoms with van der Waals surface area (Å²) < 4.78 is 5.67. The topological polar surface area (TPSA) is 34.2 Å². The molecule has 1 N–H and O–H groups in total. The van der Waals surface area contributed by atoms with Gasteiger partial charge in [-0.15, -0.1) is 11.3 Å². The van der Waals surface area contributed by atoms with E-state index in [0.717, 1.165) is 19.6 Å². The van der Waals surface area contributed by atoms with E-state index in [1.807, 2.05) is 0 Å². The van der Waals surface area contributed by atoms with Gasteiger partial charge in [0.25, 0.3) is 0 Å². The molecule has 96 valence electrons.